The average molecular weight is 422 g/mol. The highest BCUT2D eigenvalue weighted by Crippen LogP contribution is 2.16. The molecule has 2 rings (SSSR count). The standard InChI is InChI=1S/C20H22O10/c21-9-15(24)18(30-20(28)12-3-7-14(23)8-4-12)17(26)16(25)10-29-19(27)11-1-5-13(22)6-2-11/h1-8,15-18,21-26H,9-10H2. The molecule has 0 saturated heterocycles. The first-order valence-electron chi connectivity index (χ1n) is 8.84. The van der Waals surface area contributed by atoms with E-state index >= 15 is 0 Å². The number of aliphatic hydroxyl groups is 4. The first-order chi connectivity index (χ1) is 14.2. The quantitative estimate of drug-likeness (QED) is 0.291. The van der Waals surface area contributed by atoms with Crippen LogP contribution >= 0.6 is 0 Å². The summed E-state index contributed by atoms with van der Waals surface area (Å²) in [5.74, 6) is -1.98. The Labute approximate surface area is 171 Å². The van der Waals surface area contributed by atoms with Gasteiger partial charge in [-0.3, -0.25) is 0 Å². The number of aliphatic hydroxyl groups excluding tert-OH is 4. The maximum atomic E-state index is 12.2. The molecule has 2 aromatic rings. The molecule has 0 heterocycles. The van der Waals surface area contributed by atoms with Crippen molar-refractivity contribution in [2.24, 2.45) is 0 Å². The van der Waals surface area contributed by atoms with Gasteiger partial charge in [0, 0.05) is 0 Å². The number of ether oxygens (including phenoxy) is 2. The number of hydrogen-bond donors (Lipinski definition) is 6. The van der Waals surface area contributed by atoms with Crippen LogP contribution in [0.15, 0.2) is 48.5 Å². The van der Waals surface area contributed by atoms with E-state index in [1.165, 1.54) is 48.5 Å². The Morgan fingerprint density at radius 1 is 0.767 bits per heavy atom. The number of benzene rings is 2. The molecule has 162 valence electrons. The van der Waals surface area contributed by atoms with Crippen LogP contribution in [-0.2, 0) is 9.47 Å². The van der Waals surface area contributed by atoms with E-state index in [2.05, 4.69) is 0 Å². The molecule has 0 aliphatic rings. The highest BCUT2D eigenvalue weighted by molar-refractivity contribution is 5.90. The molecule has 0 radical (unpaired) electrons. The molecule has 0 aliphatic carbocycles. The summed E-state index contributed by atoms with van der Waals surface area (Å²) in [6.45, 7) is -1.59. The van der Waals surface area contributed by atoms with Gasteiger partial charge in [-0.15, -0.1) is 0 Å². The monoisotopic (exact) mass is 422 g/mol. The van der Waals surface area contributed by atoms with Gasteiger partial charge in [0.25, 0.3) is 0 Å². The van der Waals surface area contributed by atoms with Crippen molar-refractivity contribution in [3.05, 3.63) is 59.7 Å². The Bertz CT molecular complexity index is 834. The molecule has 10 heteroatoms. The zero-order chi connectivity index (χ0) is 22.3. The Morgan fingerprint density at radius 3 is 1.70 bits per heavy atom. The van der Waals surface area contributed by atoms with E-state index in [0.29, 0.717) is 0 Å². The highest BCUT2D eigenvalue weighted by Gasteiger charge is 2.36. The molecule has 0 aromatic heterocycles. The highest BCUT2D eigenvalue weighted by atomic mass is 16.6. The number of esters is 2. The second-order valence-corrected chi connectivity index (χ2v) is 6.37. The van der Waals surface area contributed by atoms with Crippen molar-refractivity contribution in [1.29, 1.82) is 0 Å². The molecule has 4 atom stereocenters. The van der Waals surface area contributed by atoms with E-state index in [0.717, 1.165) is 0 Å². The number of rotatable bonds is 9. The Morgan fingerprint density at radius 2 is 1.23 bits per heavy atom. The van der Waals surface area contributed by atoms with Crippen molar-refractivity contribution < 1.29 is 49.7 Å². The number of carbonyl (C=O) groups excluding carboxylic acids is 2. The van der Waals surface area contributed by atoms with Crippen LogP contribution in [0, 0.1) is 0 Å². The van der Waals surface area contributed by atoms with Crippen LogP contribution in [0.3, 0.4) is 0 Å². The van der Waals surface area contributed by atoms with Crippen molar-refractivity contribution in [2.75, 3.05) is 13.2 Å². The number of phenols is 2. The smallest absolute Gasteiger partial charge is 0.338 e. The molecule has 10 nitrogen and oxygen atoms in total. The summed E-state index contributed by atoms with van der Waals surface area (Å²) in [6, 6.07) is 10.0. The fourth-order valence-electron chi connectivity index (χ4n) is 2.43. The van der Waals surface area contributed by atoms with E-state index in [9.17, 15) is 40.2 Å². The van der Waals surface area contributed by atoms with Crippen LogP contribution in [0.25, 0.3) is 0 Å². The molecule has 0 bridgehead atoms. The van der Waals surface area contributed by atoms with Crippen molar-refractivity contribution >= 4 is 11.9 Å². The Hall–Kier alpha value is -3.18. The second kappa shape index (κ2) is 10.6. The minimum Gasteiger partial charge on any atom is -0.508 e. The van der Waals surface area contributed by atoms with Crippen LogP contribution in [0.5, 0.6) is 11.5 Å². The van der Waals surface area contributed by atoms with Gasteiger partial charge in [-0.25, -0.2) is 9.59 Å². The molecule has 0 spiro atoms. The molecular formula is C20H22O10. The van der Waals surface area contributed by atoms with Gasteiger partial charge >= 0.3 is 11.9 Å². The molecule has 4 unspecified atom stereocenters. The van der Waals surface area contributed by atoms with Crippen LogP contribution < -0.4 is 0 Å². The lowest BCUT2D eigenvalue weighted by Gasteiger charge is -2.29. The van der Waals surface area contributed by atoms with E-state index in [4.69, 9.17) is 9.47 Å². The summed E-state index contributed by atoms with van der Waals surface area (Å²) >= 11 is 0. The SMILES string of the molecule is O=C(OCC(O)C(O)C(OC(=O)c1ccc(O)cc1)C(O)CO)c1ccc(O)cc1. The summed E-state index contributed by atoms with van der Waals surface area (Å²) in [4.78, 5) is 24.1. The van der Waals surface area contributed by atoms with E-state index < -0.39 is 49.6 Å². The van der Waals surface area contributed by atoms with Gasteiger partial charge < -0.3 is 40.1 Å². The summed E-state index contributed by atoms with van der Waals surface area (Å²) in [5, 5.41) is 57.9. The van der Waals surface area contributed by atoms with Gasteiger partial charge in [0.05, 0.1) is 17.7 Å². The normalized spacial score (nSPS) is 14.9. The summed E-state index contributed by atoms with van der Waals surface area (Å²) in [7, 11) is 0. The lowest BCUT2D eigenvalue weighted by molar-refractivity contribution is -0.129. The maximum Gasteiger partial charge on any atom is 0.338 e. The van der Waals surface area contributed by atoms with Gasteiger partial charge in [0.15, 0.2) is 6.10 Å². The molecule has 0 aliphatic heterocycles. The van der Waals surface area contributed by atoms with Gasteiger partial charge in [-0.1, -0.05) is 0 Å². The van der Waals surface area contributed by atoms with E-state index in [1.807, 2.05) is 0 Å². The summed E-state index contributed by atoms with van der Waals surface area (Å²) < 4.78 is 9.88. The van der Waals surface area contributed by atoms with Crippen molar-refractivity contribution in [1.82, 2.24) is 0 Å². The van der Waals surface area contributed by atoms with Crippen molar-refractivity contribution in [3.8, 4) is 11.5 Å². The third-order valence-corrected chi connectivity index (χ3v) is 4.13. The van der Waals surface area contributed by atoms with Gasteiger partial charge in [0.1, 0.15) is 36.4 Å². The minimum atomic E-state index is -1.90. The van der Waals surface area contributed by atoms with E-state index in [1.54, 1.807) is 0 Å². The van der Waals surface area contributed by atoms with Gasteiger partial charge in [0.2, 0.25) is 0 Å². The average Bonchev–Trinajstić information content (AvgIpc) is 2.75. The zero-order valence-electron chi connectivity index (χ0n) is 15.7. The minimum absolute atomic E-state index is 0.0108. The number of phenolic OH excluding ortho intramolecular Hbond substituents is 2. The Kier molecular flexibility index (Phi) is 8.13. The predicted octanol–water partition coefficient (Wildman–Crippen LogP) is -0.445. The lowest BCUT2D eigenvalue weighted by Crippen LogP contribution is -2.50. The van der Waals surface area contributed by atoms with Crippen LogP contribution in [0.2, 0.25) is 0 Å². The van der Waals surface area contributed by atoms with Crippen molar-refractivity contribution in [2.45, 2.75) is 24.4 Å². The predicted molar refractivity (Wildman–Crippen MR) is 101 cm³/mol. The molecule has 0 saturated carbocycles. The molecular weight excluding hydrogens is 400 g/mol. The van der Waals surface area contributed by atoms with Gasteiger partial charge in [-0.05, 0) is 48.5 Å². The largest absolute Gasteiger partial charge is 0.508 e. The maximum absolute atomic E-state index is 12.2. The molecule has 30 heavy (non-hydrogen) atoms. The fraction of sp³-hybridized carbons (Fsp3) is 0.300. The fourth-order valence-corrected chi connectivity index (χ4v) is 2.43. The molecule has 2 aromatic carbocycles. The van der Waals surface area contributed by atoms with Crippen LogP contribution in [0.4, 0.5) is 0 Å². The summed E-state index contributed by atoms with van der Waals surface area (Å²) in [5.41, 5.74) is 0.0728. The number of hydrogen-bond acceptors (Lipinski definition) is 10. The van der Waals surface area contributed by atoms with E-state index in [-0.39, 0.29) is 22.6 Å². The van der Waals surface area contributed by atoms with Crippen LogP contribution in [0.1, 0.15) is 20.7 Å². The third kappa shape index (κ3) is 6.16. The summed E-state index contributed by atoms with van der Waals surface area (Å²) in [6.07, 6.45) is -7.13. The van der Waals surface area contributed by atoms with Crippen LogP contribution in [-0.4, -0.2) is 80.2 Å². The molecule has 0 fully saturated rings. The number of carbonyl (C=O) groups is 2. The molecule has 6 N–H and O–H groups in total. The van der Waals surface area contributed by atoms with Crippen molar-refractivity contribution in [3.63, 3.8) is 0 Å². The van der Waals surface area contributed by atoms with Gasteiger partial charge in [-0.2, -0.15) is 0 Å². The second-order valence-electron chi connectivity index (χ2n) is 6.37. The Balaban J connectivity index is 2.01. The topological polar surface area (TPSA) is 174 Å². The zero-order valence-corrected chi connectivity index (χ0v) is 15.7. The first-order valence-corrected chi connectivity index (χ1v) is 8.84. The first kappa shape index (κ1) is 23.1. The lowest BCUT2D eigenvalue weighted by atomic mass is 10.0. The number of aromatic hydroxyl groups is 2. The molecule has 0 amide bonds. The third-order valence-electron chi connectivity index (χ3n) is 4.13.